The number of aromatic nitrogens is 1. The first-order chi connectivity index (χ1) is 15.6. The van der Waals surface area contributed by atoms with Crippen molar-refractivity contribution in [2.24, 2.45) is 7.05 Å². The lowest BCUT2D eigenvalue weighted by Crippen LogP contribution is -2.30. The van der Waals surface area contributed by atoms with Crippen molar-refractivity contribution >= 4 is 22.5 Å². The summed E-state index contributed by atoms with van der Waals surface area (Å²) < 4.78 is 18.6. The Kier molecular flexibility index (Phi) is 4.78. The normalized spacial score (nSPS) is 15.2. The molecule has 0 N–H and O–H groups in total. The highest BCUT2D eigenvalue weighted by atomic mass is 16.5. The highest BCUT2D eigenvalue weighted by Gasteiger charge is 2.44. The van der Waals surface area contributed by atoms with E-state index in [1.807, 2.05) is 77.2 Å². The monoisotopic (exact) mass is 428 g/mol. The second-order valence-electron chi connectivity index (χ2n) is 7.70. The van der Waals surface area contributed by atoms with Gasteiger partial charge in [0.05, 0.1) is 27.4 Å². The Morgan fingerprint density at radius 3 is 2.25 bits per heavy atom. The lowest BCUT2D eigenvalue weighted by atomic mass is 9.96. The molecule has 6 nitrogen and oxygen atoms in total. The van der Waals surface area contributed by atoms with Gasteiger partial charge in [-0.1, -0.05) is 30.3 Å². The van der Waals surface area contributed by atoms with Crippen LogP contribution in [-0.2, 0) is 7.05 Å². The summed E-state index contributed by atoms with van der Waals surface area (Å²) in [6, 6.07) is 21.1. The molecule has 6 heteroatoms. The number of para-hydroxylation sites is 2. The van der Waals surface area contributed by atoms with Gasteiger partial charge in [-0.25, -0.2) is 0 Å². The van der Waals surface area contributed by atoms with Crippen molar-refractivity contribution in [2.45, 2.75) is 6.04 Å². The number of benzene rings is 3. The summed E-state index contributed by atoms with van der Waals surface area (Å²) in [6.45, 7) is 0. The van der Waals surface area contributed by atoms with Crippen molar-refractivity contribution in [3.8, 4) is 17.2 Å². The van der Waals surface area contributed by atoms with Gasteiger partial charge >= 0.3 is 0 Å². The van der Waals surface area contributed by atoms with E-state index in [4.69, 9.17) is 14.2 Å². The third-order valence-electron chi connectivity index (χ3n) is 6.18. The molecule has 32 heavy (non-hydrogen) atoms. The van der Waals surface area contributed by atoms with Gasteiger partial charge in [0, 0.05) is 34.8 Å². The summed E-state index contributed by atoms with van der Waals surface area (Å²) >= 11 is 0. The number of carbonyl (C=O) groups is 1. The van der Waals surface area contributed by atoms with Crippen molar-refractivity contribution in [3.63, 3.8) is 0 Å². The number of hydrogen-bond acceptors (Lipinski definition) is 4. The van der Waals surface area contributed by atoms with Crippen LogP contribution in [0.2, 0.25) is 0 Å². The maximum absolute atomic E-state index is 13.9. The van der Waals surface area contributed by atoms with Gasteiger partial charge in [0.25, 0.3) is 5.91 Å². The molecule has 1 aromatic heterocycles. The molecule has 1 aliphatic rings. The van der Waals surface area contributed by atoms with Crippen LogP contribution in [0.25, 0.3) is 10.9 Å². The van der Waals surface area contributed by atoms with Gasteiger partial charge in [0.15, 0.2) is 11.5 Å². The fraction of sp³-hybridized carbons (Fsp3) is 0.192. The Bertz CT molecular complexity index is 1320. The molecule has 0 saturated heterocycles. The molecule has 0 radical (unpaired) electrons. The molecule has 2 heterocycles. The van der Waals surface area contributed by atoms with E-state index in [0.29, 0.717) is 17.2 Å². The highest BCUT2D eigenvalue weighted by Crippen LogP contribution is 2.49. The zero-order valence-electron chi connectivity index (χ0n) is 18.5. The van der Waals surface area contributed by atoms with Crippen LogP contribution < -0.4 is 19.1 Å². The number of nitrogens with zero attached hydrogens (tertiary/aromatic N) is 2. The van der Waals surface area contributed by atoms with Crippen molar-refractivity contribution in [2.75, 3.05) is 26.2 Å². The van der Waals surface area contributed by atoms with Crippen LogP contribution in [-0.4, -0.2) is 31.8 Å². The van der Waals surface area contributed by atoms with Gasteiger partial charge in [-0.15, -0.1) is 0 Å². The van der Waals surface area contributed by atoms with Crippen LogP contribution in [0, 0.1) is 0 Å². The van der Waals surface area contributed by atoms with Gasteiger partial charge in [-0.05, 0) is 36.4 Å². The third kappa shape index (κ3) is 2.76. The number of rotatable bonds is 5. The van der Waals surface area contributed by atoms with E-state index >= 15 is 0 Å². The number of carbonyl (C=O) groups excluding carboxylic acids is 1. The molecule has 5 rings (SSSR count). The van der Waals surface area contributed by atoms with Crippen LogP contribution in [0.15, 0.2) is 66.7 Å². The predicted octanol–water partition coefficient (Wildman–Crippen LogP) is 4.95. The third-order valence-corrected chi connectivity index (χ3v) is 6.18. The molecule has 162 valence electrons. The first-order valence-electron chi connectivity index (χ1n) is 10.4. The van der Waals surface area contributed by atoms with E-state index in [2.05, 4.69) is 6.07 Å². The van der Waals surface area contributed by atoms with Gasteiger partial charge in [0.2, 0.25) is 0 Å². The van der Waals surface area contributed by atoms with Gasteiger partial charge < -0.3 is 18.8 Å². The summed E-state index contributed by atoms with van der Waals surface area (Å²) in [4.78, 5) is 15.7. The molecular formula is C26H24N2O4. The zero-order chi connectivity index (χ0) is 22.4. The smallest absolute Gasteiger partial charge is 0.276 e. The zero-order valence-corrected chi connectivity index (χ0v) is 18.5. The first-order valence-corrected chi connectivity index (χ1v) is 10.4. The van der Waals surface area contributed by atoms with Gasteiger partial charge in [-0.3, -0.25) is 9.69 Å². The standard InChI is InChI=1S/C26H24N2O4/c1-27-20-10-6-5-8-18(20)22-23(19-9-7-11-21(31-3)25(19)32-4)28(26(29)24(22)27)16-12-14-17(30-2)15-13-16/h5-15,23H,1-4H3/t23-/m0/s1. The number of ether oxygens (including phenoxy) is 3. The summed E-state index contributed by atoms with van der Waals surface area (Å²) in [5.74, 6) is 1.92. The Morgan fingerprint density at radius 2 is 1.56 bits per heavy atom. The molecule has 0 saturated carbocycles. The number of anilines is 1. The van der Waals surface area contributed by atoms with Crippen LogP contribution >= 0.6 is 0 Å². The second kappa shape index (κ2) is 7.64. The average molecular weight is 428 g/mol. The van der Waals surface area contributed by atoms with E-state index in [0.717, 1.165) is 33.5 Å². The maximum atomic E-state index is 13.9. The molecule has 0 bridgehead atoms. The van der Waals surface area contributed by atoms with Crippen LogP contribution in [0.4, 0.5) is 5.69 Å². The topological polar surface area (TPSA) is 52.9 Å². The minimum absolute atomic E-state index is 0.0567. The van der Waals surface area contributed by atoms with Crippen LogP contribution in [0.3, 0.4) is 0 Å². The largest absolute Gasteiger partial charge is 0.497 e. The van der Waals surface area contributed by atoms with Crippen molar-refractivity contribution in [1.82, 2.24) is 4.57 Å². The fourth-order valence-electron chi connectivity index (χ4n) is 4.75. The molecule has 4 aromatic rings. The Balaban J connectivity index is 1.81. The number of methoxy groups -OCH3 is 3. The minimum atomic E-state index is -0.373. The van der Waals surface area contributed by atoms with E-state index in [-0.39, 0.29) is 11.9 Å². The molecule has 3 aromatic carbocycles. The highest BCUT2D eigenvalue weighted by molar-refractivity contribution is 6.15. The molecule has 0 fully saturated rings. The molecule has 0 unspecified atom stereocenters. The Morgan fingerprint density at radius 1 is 0.812 bits per heavy atom. The lowest BCUT2D eigenvalue weighted by Gasteiger charge is -2.28. The minimum Gasteiger partial charge on any atom is -0.497 e. The SMILES string of the molecule is COc1ccc(N2C(=O)c3c(c4ccccc4n3C)[C@@H]2c2cccc(OC)c2OC)cc1. The Hall–Kier alpha value is -3.93. The quantitative estimate of drug-likeness (QED) is 0.451. The van der Waals surface area contributed by atoms with Crippen LogP contribution in [0.1, 0.15) is 27.7 Å². The fourth-order valence-corrected chi connectivity index (χ4v) is 4.75. The van der Waals surface area contributed by atoms with Crippen molar-refractivity contribution in [1.29, 1.82) is 0 Å². The van der Waals surface area contributed by atoms with Crippen molar-refractivity contribution < 1.29 is 19.0 Å². The molecule has 0 aliphatic carbocycles. The Labute approximate surface area is 186 Å². The first kappa shape index (κ1) is 20.0. The summed E-state index contributed by atoms with van der Waals surface area (Å²) in [5.41, 5.74) is 4.32. The van der Waals surface area contributed by atoms with E-state index in [9.17, 15) is 4.79 Å². The molecule has 1 atom stereocenters. The van der Waals surface area contributed by atoms with E-state index < -0.39 is 0 Å². The molecule has 1 amide bonds. The summed E-state index contributed by atoms with van der Waals surface area (Å²) in [7, 11) is 6.81. The number of hydrogen-bond donors (Lipinski definition) is 0. The van der Waals surface area contributed by atoms with Crippen molar-refractivity contribution in [3.05, 3.63) is 83.6 Å². The lowest BCUT2D eigenvalue weighted by molar-refractivity contribution is 0.0986. The molecule has 1 aliphatic heterocycles. The van der Waals surface area contributed by atoms with E-state index in [1.165, 1.54) is 0 Å². The predicted molar refractivity (Wildman–Crippen MR) is 124 cm³/mol. The number of fused-ring (bicyclic) bond motifs is 3. The molecular weight excluding hydrogens is 404 g/mol. The average Bonchev–Trinajstić information content (AvgIpc) is 3.31. The molecule has 0 spiro atoms. The second-order valence-corrected chi connectivity index (χ2v) is 7.70. The summed E-state index contributed by atoms with van der Waals surface area (Å²) in [6.07, 6.45) is 0. The summed E-state index contributed by atoms with van der Waals surface area (Å²) in [5, 5.41) is 1.05. The van der Waals surface area contributed by atoms with Gasteiger partial charge in [-0.2, -0.15) is 0 Å². The van der Waals surface area contributed by atoms with Crippen LogP contribution in [0.5, 0.6) is 17.2 Å². The van der Waals surface area contributed by atoms with E-state index in [1.54, 1.807) is 21.3 Å². The maximum Gasteiger partial charge on any atom is 0.276 e. The number of aryl methyl sites for hydroxylation is 1. The number of amides is 1. The van der Waals surface area contributed by atoms with Gasteiger partial charge in [0.1, 0.15) is 11.4 Å².